The Kier molecular flexibility index (Phi) is 5.14. The van der Waals surface area contributed by atoms with Gasteiger partial charge in [-0.1, -0.05) is 13.0 Å². The van der Waals surface area contributed by atoms with Gasteiger partial charge in [-0.2, -0.15) is 0 Å². The third-order valence-corrected chi connectivity index (χ3v) is 3.77. The van der Waals surface area contributed by atoms with E-state index < -0.39 is 23.5 Å². The Balaban J connectivity index is 2.28. The first-order valence-electron chi connectivity index (χ1n) is 6.37. The number of nitrogens with one attached hydrogen (secondary N) is 1. The predicted molar refractivity (Wildman–Crippen MR) is 73.2 cm³/mol. The molecule has 1 aromatic heterocycles. The topological polar surface area (TPSA) is 24.9 Å². The third-order valence-electron chi connectivity index (χ3n) is 2.97. The van der Waals surface area contributed by atoms with Crippen molar-refractivity contribution < 1.29 is 13.2 Å². The van der Waals surface area contributed by atoms with E-state index in [2.05, 4.69) is 10.3 Å². The zero-order valence-electron chi connectivity index (χ0n) is 11.0. The Morgan fingerprint density at radius 1 is 1.25 bits per heavy atom. The van der Waals surface area contributed by atoms with Gasteiger partial charge in [-0.25, -0.2) is 13.2 Å². The first kappa shape index (κ1) is 15.0. The van der Waals surface area contributed by atoms with Gasteiger partial charge in [0, 0.05) is 29.1 Å². The molecule has 1 heterocycles. The van der Waals surface area contributed by atoms with E-state index in [9.17, 15) is 13.2 Å². The van der Waals surface area contributed by atoms with Crippen LogP contribution in [0.5, 0.6) is 0 Å². The Morgan fingerprint density at radius 3 is 2.70 bits per heavy atom. The van der Waals surface area contributed by atoms with Gasteiger partial charge in [0.1, 0.15) is 0 Å². The molecule has 2 rings (SSSR count). The molecule has 0 saturated carbocycles. The van der Waals surface area contributed by atoms with Crippen LogP contribution >= 0.6 is 11.3 Å². The molecule has 108 valence electrons. The van der Waals surface area contributed by atoms with Crippen LogP contribution in [0.15, 0.2) is 23.8 Å². The summed E-state index contributed by atoms with van der Waals surface area (Å²) in [6.45, 7) is 2.65. The molecule has 6 heteroatoms. The zero-order valence-corrected chi connectivity index (χ0v) is 11.8. The van der Waals surface area contributed by atoms with Crippen molar-refractivity contribution >= 4 is 11.3 Å². The van der Waals surface area contributed by atoms with E-state index >= 15 is 0 Å². The van der Waals surface area contributed by atoms with Crippen molar-refractivity contribution in [1.82, 2.24) is 10.3 Å². The average Bonchev–Trinajstić information content (AvgIpc) is 2.94. The Morgan fingerprint density at radius 2 is 2.05 bits per heavy atom. The summed E-state index contributed by atoms with van der Waals surface area (Å²) < 4.78 is 40.3. The molecule has 2 aromatic rings. The summed E-state index contributed by atoms with van der Waals surface area (Å²) in [7, 11) is 0. The first-order chi connectivity index (χ1) is 9.63. The number of rotatable bonds is 6. The quantitative estimate of drug-likeness (QED) is 0.820. The van der Waals surface area contributed by atoms with E-state index in [0.29, 0.717) is 13.0 Å². The molecule has 0 amide bonds. The lowest BCUT2D eigenvalue weighted by Gasteiger charge is -2.19. The van der Waals surface area contributed by atoms with Gasteiger partial charge in [0.15, 0.2) is 17.5 Å². The second-order valence-corrected chi connectivity index (χ2v) is 5.41. The van der Waals surface area contributed by atoms with E-state index in [0.717, 1.165) is 17.4 Å². The highest BCUT2D eigenvalue weighted by Gasteiger charge is 2.21. The van der Waals surface area contributed by atoms with E-state index in [4.69, 9.17) is 0 Å². The number of aromatic nitrogens is 1. The second kappa shape index (κ2) is 6.85. The molecule has 1 atom stereocenters. The predicted octanol–water partition coefficient (Wildman–Crippen LogP) is 3.84. The second-order valence-electron chi connectivity index (χ2n) is 4.44. The molecule has 0 spiro atoms. The van der Waals surface area contributed by atoms with Crippen LogP contribution in [0.2, 0.25) is 0 Å². The molecule has 20 heavy (non-hydrogen) atoms. The van der Waals surface area contributed by atoms with Gasteiger partial charge in [-0.15, -0.1) is 11.3 Å². The highest BCUT2D eigenvalue weighted by atomic mass is 32.1. The number of thiazole rings is 1. The monoisotopic (exact) mass is 300 g/mol. The molecule has 0 radical (unpaired) electrons. The minimum Gasteiger partial charge on any atom is -0.310 e. The lowest BCUT2D eigenvalue weighted by atomic mass is 10.0. The number of nitrogens with zero attached hydrogens (tertiary/aromatic N) is 1. The number of benzene rings is 1. The maximum Gasteiger partial charge on any atom is 0.194 e. The van der Waals surface area contributed by atoms with Gasteiger partial charge in [0.2, 0.25) is 0 Å². The van der Waals surface area contributed by atoms with Gasteiger partial charge in [-0.3, -0.25) is 4.98 Å². The van der Waals surface area contributed by atoms with Gasteiger partial charge < -0.3 is 5.32 Å². The molecule has 0 saturated heterocycles. The molecule has 1 N–H and O–H groups in total. The summed E-state index contributed by atoms with van der Waals surface area (Å²) in [5.41, 5.74) is 1.83. The molecule has 0 bridgehead atoms. The minimum absolute atomic E-state index is 0.144. The Hall–Kier alpha value is -1.40. The fourth-order valence-corrected chi connectivity index (χ4v) is 2.61. The molecule has 1 unspecified atom stereocenters. The van der Waals surface area contributed by atoms with Crippen LogP contribution in [-0.4, -0.2) is 11.5 Å². The lowest BCUT2D eigenvalue weighted by Crippen LogP contribution is -2.25. The summed E-state index contributed by atoms with van der Waals surface area (Å²) in [6, 6.07) is 1.86. The Labute approximate surface area is 119 Å². The van der Waals surface area contributed by atoms with E-state index in [-0.39, 0.29) is 5.56 Å². The highest BCUT2D eigenvalue weighted by Crippen LogP contribution is 2.25. The number of halogens is 3. The van der Waals surface area contributed by atoms with Crippen LogP contribution in [0, 0.1) is 17.5 Å². The molecule has 1 aromatic carbocycles. The smallest absolute Gasteiger partial charge is 0.194 e. The molecule has 0 aliphatic carbocycles. The summed E-state index contributed by atoms with van der Waals surface area (Å²) >= 11 is 1.45. The summed E-state index contributed by atoms with van der Waals surface area (Å²) in [6.07, 6.45) is 3.06. The van der Waals surface area contributed by atoms with Crippen LogP contribution in [0.3, 0.4) is 0 Å². The van der Waals surface area contributed by atoms with Crippen molar-refractivity contribution in [3.63, 3.8) is 0 Å². The highest BCUT2D eigenvalue weighted by molar-refractivity contribution is 7.09. The van der Waals surface area contributed by atoms with Gasteiger partial charge in [0.25, 0.3) is 0 Å². The zero-order chi connectivity index (χ0) is 14.5. The van der Waals surface area contributed by atoms with Crippen molar-refractivity contribution in [3.05, 3.63) is 51.7 Å². The Bertz CT molecular complexity index is 558. The molecular formula is C14H15F3N2S. The van der Waals surface area contributed by atoms with E-state index in [1.807, 2.05) is 6.92 Å². The minimum atomic E-state index is -1.42. The van der Waals surface area contributed by atoms with Crippen molar-refractivity contribution in [1.29, 1.82) is 0 Å². The molecule has 2 nitrogen and oxygen atoms in total. The molecular weight excluding hydrogens is 285 g/mol. The van der Waals surface area contributed by atoms with Crippen molar-refractivity contribution in [3.8, 4) is 0 Å². The van der Waals surface area contributed by atoms with Crippen LogP contribution in [-0.2, 0) is 6.42 Å². The third kappa shape index (κ3) is 3.37. The maximum absolute atomic E-state index is 13.9. The lowest BCUT2D eigenvalue weighted by molar-refractivity contribution is 0.423. The van der Waals surface area contributed by atoms with E-state index in [1.165, 1.54) is 17.4 Å². The van der Waals surface area contributed by atoms with Gasteiger partial charge in [-0.05, 0) is 19.0 Å². The average molecular weight is 300 g/mol. The van der Waals surface area contributed by atoms with Gasteiger partial charge in [0.05, 0.1) is 5.51 Å². The van der Waals surface area contributed by atoms with Crippen LogP contribution < -0.4 is 5.32 Å². The first-order valence-corrected chi connectivity index (χ1v) is 7.25. The van der Waals surface area contributed by atoms with Crippen LogP contribution in [0.1, 0.15) is 29.8 Å². The summed E-state index contributed by atoms with van der Waals surface area (Å²) in [5, 5.41) is 3.16. The number of hydrogen-bond acceptors (Lipinski definition) is 3. The summed E-state index contributed by atoms with van der Waals surface area (Å²) in [5.74, 6) is -3.71. The van der Waals surface area contributed by atoms with Crippen molar-refractivity contribution in [2.45, 2.75) is 25.8 Å². The standard InChI is InChI=1S/C14H15F3N2S/c1-2-5-19-12(6-9-7-18-8-20-9)10-3-4-11(15)14(17)13(10)16/h3-4,7-8,12,19H,2,5-6H2,1H3. The molecule has 0 aliphatic heterocycles. The summed E-state index contributed by atoms with van der Waals surface area (Å²) in [4.78, 5) is 4.93. The normalized spacial score (nSPS) is 12.6. The fraction of sp³-hybridized carbons (Fsp3) is 0.357. The molecule has 0 fully saturated rings. The van der Waals surface area contributed by atoms with Crippen LogP contribution in [0.4, 0.5) is 13.2 Å². The van der Waals surface area contributed by atoms with Gasteiger partial charge >= 0.3 is 0 Å². The van der Waals surface area contributed by atoms with Crippen molar-refractivity contribution in [2.75, 3.05) is 6.54 Å². The largest absolute Gasteiger partial charge is 0.310 e. The molecule has 0 aliphatic rings. The van der Waals surface area contributed by atoms with E-state index in [1.54, 1.807) is 11.7 Å². The number of hydrogen-bond donors (Lipinski definition) is 1. The van der Waals surface area contributed by atoms with Crippen LogP contribution in [0.25, 0.3) is 0 Å². The maximum atomic E-state index is 13.9. The van der Waals surface area contributed by atoms with Crippen molar-refractivity contribution in [2.24, 2.45) is 0 Å². The SMILES string of the molecule is CCCNC(Cc1cncs1)c1ccc(F)c(F)c1F. The fourth-order valence-electron chi connectivity index (χ4n) is 1.96.